The standard InChI is InChI=1S/C20H21N3O3S2.ClH/c1-11(2)23-9-8-12-15(10-23)28-18(16(12)20(25)26-3)22-17(24)19-21-13-6-4-5-7-14(13)27-19;/h4-7,11H,8-10H2,1-3H3,(H,22,24);1H. The lowest BCUT2D eigenvalue weighted by molar-refractivity contribution is 0.0600. The van der Waals surface area contributed by atoms with Crippen LogP contribution in [0.4, 0.5) is 5.00 Å². The minimum atomic E-state index is -0.407. The number of para-hydroxylation sites is 1. The van der Waals surface area contributed by atoms with Gasteiger partial charge in [0.15, 0.2) is 5.01 Å². The minimum absolute atomic E-state index is 0. The van der Waals surface area contributed by atoms with E-state index in [9.17, 15) is 9.59 Å². The number of esters is 1. The summed E-state index contributed by atoms with van der Waals surface area (Å²) in [5.74, 6) is -0.708. The first-order valence-electron chi connectivity index (χ1n) is 9.11. The number of carbonyl (C=O) groups is 2. The van der Waals surface area contributed by atoms with E-state index in [0.29, 0.717) is 21.6 Å². The molecular formula is C20H22ClN3O3S2. The molecule has 0 aliphatic carbocycles. The molecule has 6 nitrogen and oxygen atoms in total. The molecule has 1 aromatic carbocycles. The molecule has 154 valence electrons. The number of hydrogen-bond acceptors (Lipinski definition) is 7. The van der Waals surface area contributed by atoms with E-state index in [1.807, 2.05) is 24.3 Å². The van der Waals surface area contributed by atoms with E-state index in [-0.39, 0.29) is 18.3 Å². The van der Waals surface area contributed by atoms with E-state index in [4.69, 9.17) is 4.74 Å². The van der Waals surface area contributed by atoms with Crippen LogP contribution in [0, 0.1) is 0 Å². The second-order valence-electron chi connectivity index (χ2n) is 6.95. The fourth-order valence-corrected chi connectivity index (χ4v) is 5.51. The minimum Gasteiger partial charge on any atom is -0.465 e. The van der Waals surface area contributed by atoms with Crippen LogP contribution in [0.5, 0.6) is 0 Å². The fraction of sp³-hybridized carbons (Fsp3) is 0.350. The Labute approximate surface area is 183 Å². The zero-order chi connectivity index (χ0) is 19.8. The van der Waals surface area contributed by atoms with Gasteiger partial charge in [0.25, 0.3) is 5.91 Å². The molecule has 0 spiro atoms. The average Bonchev–Trinajstić information content (AvgIpc) is 3.27. The van der Waals surface area contributed by atoms with Crippen LogP contribution in [0.25, 0.3) is 10.2 Å². The molecule has 1 amide bonds. The molecule has 0 bridgehead atoms. The number of thiazole rings is 1. The summed E-state index contributed by atoms with van der Waals surface area (Å²) in [6, 6.07) is 8.07. The van der Waals surface area contributed by atoms with Crippen molar-refractivity contribution in [1.82, 2.24) is 9.88 Å². The maximum Gasteiger partial charge on any atom is 0.341 e. The van der Waals surface area contributed by atoms with Crippen LogP contribution in [0.15, 0.2) is 24.3 Å². The summed E-state index contributed by atoms with van der Waals surface area (Å²) >= 11 is 2.80. The van der Waals surface area contributed by atoms with Crippen LogP contribution in [-0.4, -0.2) is 41.5 Å². The summed E-state index contributed by atoms with van der Waals surface area (Å²) in [5.41, 5.74) is 2.28. The third kappa shape index (κ3) is 4.16. The van der Waals surface area contributed by atoms with Gasteiger partial charge in [-0.2, -0.15) is 0 Å². The van der Waals surface area contributed by atoms with Crippen LogP contribution in [0.3, 0.4) is 0 Å². The van der Waals surface area contributed by atoms with Crippen molar-refractivity contribution in [3.63, 3.8) is 0 Å². The number of carbonyl (C=O) groups excluding carboxylic acids is 2. The number of ether oxygens (including phenoxy) is 1. The molecule has 29 heavy (non-hydrogen) atoms. The molecule has 4 rings (SSSR count). The summed E-state index contributed by atoms with van der Waals surface area (Å²) in [4.78, 5) is 33.1. The molecule has 0 unspecified atom stereocenters. The topological polar surface area (TPSA) is 71.5 Å². The molecule has 0 saturated heterocycles. The van der Waals surface area contributed by atoms with Crippen molar-refractivity contribution in [2.24, 2.45) is 0 Å². The number of anilines is 1. The SMILES string of the molecule is COC(=O)c1c(NC(=O)c2nc3ccccc3s2)sc2c1CCN(C(C)C)C2.Cl. The smallest absolute Gasteiger partial charge is 0.341 e. The van der Waals surface area contributed by atoms with Gasteiger partial charge in [-0.05, 0) is 38.0 Å². The number of hydrogen-bond donors (Lipinski definition) is 1. The van der Waals surface area contributed by atoms with E-state index < -0.39 is 5.97 Å². The number of rotatable bonds is 4. The van der Waals surface area contributed by atoms with E-state index in [1.54, 1.807) is 0 Å². The van der Waals surface area contributed by atoms with Gasteiger partial charge in [0, 0.05) is 24.0 Å². The second-order valence-corrected chi connectivity index (χ2v) is 9.09. The highest BCUT2D eigenvalue weighted by atomic mass is 35.5. The van der Waals surface area contributed by atoms with Crippen LogP contribution >= 0.6 is 35.1 Å². The van der Waals surface area contributed by atoms with E-state index in [2.05, 4.69) is 29.0 Å². The van der Waals surface area contributed by atoms with Crippen molar-refractivity contribution in [2.75, 3.05) is 19.0 Å². The summed E-state index contributed by atoms with van der Waals surface area (Å²) < 4.78 is 5.96. The quantitative estimate of drug-likeness (QED) is 0.587. The van der Waals surface area contributed by atoms with Crippen molar-refractivity contribution in [1.29, 1.82) is 0 Å². The molecule has 1 N–H and O–H groups in total. The lowest BCUT2D eigenvalue weighted by Crippen LogP contribution is -2.35. The number of fused-ring (bicyclic) bond motifs is 2. The van der Waals surface area contributed by atoms with Crippen LogP contribution in [0.1, 0.15) is 44.4 Å². The Hall–Kier alpha value is -2.00. The third-order valence-corrected chi connectivity index (χ3v) is 7.09. The molecule has 3 aromatic rings. The zero-order valence-corrected chi connectivity index (χ0v) is 18.8. The molecular weight excluding hydrogens is 430 g/mol. The maximum absolute atomic E-state index is 12.8. The second kappa shape index (κ2) is 8.79. The van der Waals surface area contributed by atoms with Crippen molar-refractivity contribution >= 4 is 62.2 Å². The predicted octanol–water partition coefficient (Wildman–Crippen LogP) is 4.59. The van der Waals surface area contributed by atoms with Crippen LogP contribution < -0.4 is 5.32 Å². The number of nitrogens with one attached hydrogen (secondary N) is 1. The van der Waals surface area contributed by atoms with Gasteiger partial charge in [-0.15, -0.1) is 35.1 Å². The van der Waals surface area contributed by atoms with Crippen molar-refractivity contribution < 1.29 is 14.3 Å². The Morgan fingerprint density at radius 1 is 1.24 bits per heavy atom. The van der Waals surface area contributed by atoms with Crippen molar-refractivity contribution in [3.05, 3.63) is 45.3 Å². The number of thiophene rings is 1. The van der Waals surface area contributed by atoms with Gasteiger partial charge in [-0.25, -0.2) is 9.78 Å². The number of methoxy groups -OCH3 is 1. The lowest BCUT2D eigenvalue weighted by atomic mass is 10.0. The van der Waals surface area contributed by atoms with Gasteiger partial charge in [0.05, 0.1) is 22.9 Å². The molecule has 1 aliphatic rings. The maximum atomic E-state index is 12.8. The highest BCUT2D eigenvalue weighted by Crippen LogP contribution is 2.38. The monoisotopic (exact) mass is 451 g/mol. The number of aromatic nitrogens is 1. The third-order valence-electron chi connectivity index (χ3n) is 4.92. The number of nitrogens with zero attached hydrogens (tertiary/aromatic N) is 2. The van der Waals surface area contributed by atoms with Gasteiger partial charge < -0.3 is 10.1 Å². The van der Waals surface area contributed by atoms with Gasteiger partial charge in [-0.1, -0.05) is 12.1 Å². The summed E-state index contributed by atoms with van der Waals surface area (Å²) in [6.07, 6.45) is 0.769. The molecule has 0 fully saturated rings. The first kappa shape index (κ1) is 21.7. The Kier molecular flexibility index (Phi) is 6.58. The highest BCUT2D eigenvalue weighted by Gasteiger charge is 2.30. The van der Waals surface area contributed by atoms with E-state index in [0.717, 1.165) is 40.2 Å². The van der Waals surface area contributed by atoms with E-state index >= 15 is 0 Å². The Balaban J connectivity index is 0.00000240. The van der Waals surface area contributed by atoms with Gasteiger partial charge in [0.1, 0.15) is 5.00 Å². The summed E-state index contributed by atoms with van der Waals surface area (Å²) in [5, 5.41) is 3.84. The normalized spacial score (nSPS) is 13.8. The van der Waals surface area contributed by atoms with Gasteiger partial charge in [0.2, 0.25) is 0 Å². The zero-order valence-electron chi connectivity index (χ0n) is 16.4. The number of benzene rings is 1. The van der Waals surface area contributed by atoms with Crippen LogP contribution in [-0.2, 0) is 17.7 Å². The Morgan fingerprint density at radius 2 is 2.00 bits per heavy atom. The number of amides is 1. The Bertz CT molecular complexity index is 1030. The van der Waals surface area contributed by atoms with Crippen LogP contribution in [0.2, 0.25) is 0 Å². The molecule has 0 saturated carbocycles. The molecule has 2 aromatic heterocycles. The first-order chi connectivity index (χ1) is 13.5. The fourth-order valence-electron chi connectivity index (χ4n) is 3.40. The summed E-state index contributed by atoms with van der Waals surface area (Å²) in [6.45, 7) is 5.99. The molecule has 1 aliphatic heterocycles. The average molecular weight is 452 g/mol. The number of halogens is 1. The van der Waals surface area contributed by atoms with Crippen molar-refractivity contribution in [3.8, 4) is 0 Å². The van der Waals surface area contributed by atoms with Crippen molar-refractivity contribution in [2.45, 2.75) is 32.9 Å². The first-order valence-corrected chi connectivity index (χ1v) is 10.7. The Morgan fingerprint density at radius 3 is 2.69 bits per heavy atom. The predicted molar refractivity (Wildman–Crippen MR) is 120 cm³/mol. The highest BCUT2D eigenvalue weighted by molar-refractivity contribution is 7.20. The molecule has 0 atom stereocenters. The molecule has 9 heteroatoms. The molecule has 3 heterocycles. The van der Waals surface area contributed by atoms with Gasteiger partial charge >= 0.3 is 5.97 Å². The van der Waals surface area contributed by atoms with E-state index in [1.165, 1.54) is 29.8 Å². The summed E-state index contributed by atoms with van der Waals surface area (Å²) in [7, 11) is 1.37. The van der Waals surface area contributed by atoms with Gasteiger partial charge in [-0.3, -0.25) is 9.69 Å². The molecule has 0 radical (unpaired) electrons. The largest absolute Gasteiger partial charge is 0.465 e. The lowest BCUT2D eigenvalue weighted by Gasteiger charge is -2.30.